The summed E-state index contributed by atoms with van der Waals surface area (Å²) in [5, 5.41) is 8.82. The van der Waals surface area contributed by atoms with Crippen LogP contribution in [0.3, 0.4) is 0 Å². The van der Waals surface area contributed by atoms with Crippen LogP contribution in [0.15, 0.2) is 42.5 Å². The Hall–Kier alpha value is -2.40. The molecule has 0 unspecified atom stereocenters. The lowest BCUT2D eigenvalue weighted by atomic mass is 9.86. The molecule has 0 aliphatic heterocycles. The van der Waals surface area contributed by atoms with E-state index in [1.165, 1.54) is 12.1 Å². The standard InChI is InChI=1S/C22H28FNO3/c1-22(2,3)14-18-12-17(16-6-5-7-19(23)13-16)8-9-20(18)27-11-10-24(4)15-21(25)26/h5-9,12-13H,10-11,14-15H2,1-4H3,(H,25,26). The number of rotatable bonds is 8. The number of hydrogen-bond donors (Lipinski definition) is 1. The minimum Gasteiger partial charge on any atom is -0.492 e. The van der Waals surface area contributed by atoms with Crippen molar-refractivity contribution in [3.8, 4) is 16.9 Å². The second kappa shape index (κ2) is 9.00. The molecule has 2 rings (SSSR count). The third-order valence-electron chi connectivity index (χ3n) is 4.07. The molecule has 0 saturated carbocycles. The number of hydrogen-bond acceptors (Lipinski definition) is 3. The monoisotopic (exact) mass is 373 g/mol. The lowest BCUT2D eigenvalue weighted by Gasteiger charge is -2.22. The zero-order valence-electron chi connectivity index (χ0n) is 16.5. The normalized spacial score (nSPS) is 11.6. The van der Waals surface area contributed by atoms with Gasteiger partial charge in [-0.15, -0.1) is 0 Å². The fourth-order valence-electron chi connectivity index (χ4n) is 2.90. The largest absolute Gasteiger partial charge is 0.492 e. The van der Waals surface area contributed by atoms with Crippen LogP contribution < -0.4 is 4.74 Å². The number of aliphatic carboxylic acids is 1. The molecule has 0 saturated heterocycles. The molecule has 0 aliphatic carbocycles. The molecule has 0 bridgehead atoms. The molecular weight excluding hydrogens is 345 g/mol. The third kappa shape index (κ3) is 7.02. The van der Waals surface area contributed by atoms with Gasteiger partial charge in [-0.05, 0) is 59.8 Å². The summed E-state index contributed by atoms with van der Waals surface area (Å²) in [6.45, 7) is 7.38. The van der Waals surface area contributed by atoms with Crippen molar-refractivity contribution in [2.24, 2.45) is 5.41 Å². The SMILES string of the molecule is CN(CCOc1ccc(-c2cccc(F)c2)cc1CC(C)(C)C)CC(=O)O. The zero-order valence-corrected chi connectivity index (χ0v) is 16.5. The lowest BCUT2D eigenvalue weighted by Crippen LogP contribution is -2.29. The first kappa shape index (κ1) is 20.9. The van der Waals surface area contributed by atoms with Crippen LogP contribution in [0.4, 0.5) is 4.39 Å². The van der Waals surface area contributed by atoms with Gasteiger partial charge >= 0.3 is 5.97 Å². The first-order valence-corrected chi connectivity index (χ1v) is 9.06. The highest BCUT2D eigenvalue weighted by Gasteiger charge is 2.16. The van der Waals surface area contributed by atoms with Crippen LogP contribution in [-0.4, -0.2) is 42.7 Å². The molecule has 5 heteroatoms. The Morgan fingerprint density at radius 3 is 2.48 bits per heavy atom. The number of ether oxygens (including phenoxy) is 1. The highest BCUT2D eigenvalue weighted by molar-refractivity contribution is 5.69. The van der Waals surface area contributed by atoms with E-state index in [0.717, 1.165) is 28.9 Å². The number of halogens is 1. The molecule has 2 aromatic rings. The van der Waals surface area contributed by atoms with E-state index in [1.54, 1.807) is 18.0 Å². The van der Waals surface area contributed by atoms with Crippen molar-refractivity contribution in [1.29, 1.82) is 0 Å². The van der Waals surface area contributed by atoms with Crippen LogP contribution in [-0.2, 0) is 11.2 Å². The summed E-state index contributed by atoms with van der Waals surface area (Å²) in [4.78, 5) is 12.4. The molecule has 1 N–H and O–H groups in total. The van der Waals surface area contributed by atoms with E-state index in [0.29, 0.717) is 13.2 Å². The number of likely N-dealkylation sites (N-methyl/N-ethyl adjacent to an activating group) is 1. The van der Waals surface area contributed by atoms with Gasteiger partial charge in [0, 0.05) is 6.54 Å². The minimum atomic E-state index is -0.856. The molecule has 2 aromatic carbocycles. The van der Waals surface area contributed by atoms with Crippen molar-refractivity contribution in [2.45, 2.75) is 27.2 Å². The average Bonchev–Trinajstić information content (AvgIpc) is 2.54. The molecule has 0 fully saturated rings. The Morgan fingerprint density at radius 2 is 1.85 bits per heavy atom. The number of nitrogens with zero attached hydrogens (tertiary/aromatic N) is 1. The predicted molar refractivity (Wildman–Crippen MR) is 106 cm³/mol. The predicted octanol–water partition coefficient (Wildman–Crippen LogP) is 4.48. The van der Waals surface area contributed by atoms with E-state index >= 15 is 0 Å². The Kier molecular flexibility index (Phi) is 6.97. The highest BCUT2D eigenvalue weighted by Crippen LogP contribution is 2.32. The average molecular weight is 373 g/mol. The summed E-state index contributed by atoms with van der Waals surface area (Å²) in [6, 6.07) is 12.5. The molecule has 146 valence electrons. The maximum Gasteiger partial charge on any atom is 0.317 e. The van der Waals surface area contributed by atoms with Gasteiger partial charge in [-0.2, -0.15) is 0 Å². The Morgan fingerprint density at radius 1 is 1.15 bits per heavy atom. The van der Waals surface area contributed by atoms with Crippen molar-refractivity contribution in [2.75, 3.05) is 26.7 Å². The second-order valence-corrected chi connectivity index (χ2v) is 8.05. The molecular formula is C22H28FNO3. The lowest BCUT2D eigenvalue weighted by molar-refractivity contribution is -0.138. The van der Waals surface area contributed by atoms with Gasteiger partial charge in [0.1, 0.15) is 18.2 Å². The smallest absolute Gasteiger partial charge is 0.317 e. The van der Waals surface area contributed by atoms with E-state index in [1.807, 2.05) is 18.2 Å². The van der Waals surface area contributed by atoms with Gasteiger partial charge in [0.05, 0.1) is 6.54 Å². The first-order chi connectivity index (χ1) is 12.6. The van der Waals surface area contributed by atoms with Crippen molar-refractivity contribution >= 4 is 5.97 Å². The van der Waals surface area contributed by atoms with Gasteiger partial charge in [-0.1, -0.05) is 39.0 Å². The van der Waals surface area contributed by atoms with Crippen LogP contribution in [0, 0.1) is 11.2 Å². The molecule has 0 radical (unpaired) electrons. The van der Waals surface area contributed by atoms with Crippen LogP contribution >= 0.6 is 0 Å². The summed E-state index contributed by atoms with van der Waals surface area (Å²) >= 11 is 0. The molecule has 0 aliphatic rings. The molecule has 4 nitrogen and oxygen atoms in total. The van der Waals surface area contributed by atoms with Crippen LogP contribution in [0.2, 0.25) is 0 Å². The topological polar surface area (TPSA) is 49.8 Å². The van der Waals surface area contributed by atoms with Crippen molar-refractivity contribution in [3.05, 3.63) is 53.8 Å². The first-order valence-electron chi connectivity index (χ1n) is 9.06. The third-order valence-corrected chi connectivity index (χ3v) is 4.07. The van der Waals surface area contributed by atoms with E-state index in [2.05, 4.69) is 26.8 Å². The van der Waals surface area contributed by atoms with Gasteiger partial charge in [-0.25, -0.2) is 4.39 Å². The van der Waals surface area contributed by atoms with E-state index in [4.69, 9.17) is 9.84 Å². The molecule has 0 amide bonds. The Bertz CT molecular complexity index is 783. The number of benzene rings is 2. The maximum atomic E-state index is 13.6. The fraction of sp³-hybridized carbons (Fsp3) is 0.409. The molecule has 0 aromatic heterocycles. The zero-order chi connectivity index (χ0) is 20.0. The van der Waals surface area contributed by atoms with Crippen LogP contribution in [0.5, 0.6) is 5.75 Å². The van der Waals surface area contributed by atoms with Crippen LogP contribution in [0.1, 0.15) is 26.3 Å². The van der Waals surface area contributed by atoms with Gasteiger partial charge in [0.25, 0.3) is 0 Å². The van der Waals surface area contributed by atoms with Crippen molar-refractivity contribution in [3.63, 3.8) is 0 Å². The molecule has 27 heavy (non-hydrogen) atoms. The Labute approximate surface area is 160 Å². The molecule has 0 atom stereocenters. The minimum absolute atomic E-state index is 0.0171. The number of carbonyl (C=O) groups is 1. The summed E-state index contributed by atoms with van der Waals surface area (Å²) in [5.74, 6) is -0.328. The van der Waals surface area contributed by atoms with E-state index in [9.17, 15) is 9.18 Å². The van der Waals surface area contributed by atoms with Crippen molar-refractivity contribution in [1.82, 2.24) is 4.90 Å². The highest BCUT2D eigenvalue weighted by atomic mass is 19.1. The van der Waals surface area contributed by atoms with Crippen molar-refractivity contribution < 1.29 is 19.0 Å². The van der Waals surface area contributed by atoms with Gasteiger partial charge in [0.15, 0.2) is 0 Å². The van der Waals surface area contributed by atoms with Gasteiger partial charge in [0.2, 0.25) is 0 Å². The summed E-state index contributed by atoms with van der Waals surface area (Å²) in [6.07, 6.45) is 0.816. The summed E-state index contributed by atoms with van der Waals surface area (Å²) in [5.41, 5.74) is 2.91. The number of carboxylic acids is 1. The van der Waals surface area contributed by atoms with E-state index in [-0.39, 0.29) is 17.8 Å². The molecule has 0 spiro atoms. The number of carboxylic acid groups (broad SMARTS) is 1. The Balaban J connectivity index is 2.19. The van der Waals surface area contributed by atoms with Gasteiger partial charge in [-0.3, -0.25) is 9.69 Å². The van der Waals surface area contributed by atoms with Gasteiger partial charge < -0.3 is 9.84 Å². The van der Waals surface area contributed by atoms with Crippen LogP contribution in [0.25, 0.3) is 11.1 Å². The summed E-state index contributed by atoms with van der Waals surface area (Å²) < 4.78 is 19.5. The molecule has 0 heterocycles. The summed E-state index contributed by atoms with van der Waals surface area (Å²) in [7, 11) is 1.75. The quantitative estimate of drug-likeness (QED) is 0.741. The fourth-order valence-corrected chi connectivity index (χ4v) is 2.90. The van der Waals surface area contributed by atoms with E-state index < -0.39 is 5.97 Å². The maximum absolute atomic E-state index is 13.6. The second-order valence-electron chi connectivity index (χ2n) is 8.05.